The molecule has 1 aromatic rings. The zero-order valence-electron chi connectivity index (χ0n) is 11.7. The molecule has 0 radical (unpaired) electrons. The summed E-state index contributed by atoms with van der Waals surface area (Å²) in [5.74, 6) is 0.501. The number of nitrogens with one attached hydrogen (secondary N) is 2. The third-order valence-electron chi connectivity index (χ3n) is 3.61. The van der Waals surface area contributed by atoms with Crippen LogP contribution >= 0.6 is 11.3 Å². The molecule has 0 aliphatic carbocycles. The van der Waals surface area contributed by atoms with Crippen molar-refractivity contribution in [2.75, 3.05) is 33.2 Å². The molecule has 1 aliphatic rings. The Hall–Kier alpha value is -1.40. The second-order valence-electron chi connectivity index (χ2n) is 5.04. The summed E-state index contributed by atoms with van der Waals surface area (Å²) < 4.78 is 0. The number of amides is 2. The molecule has 1 aliphatic heterocycles. The summed E-state index contributed by atoms with van der Waals surface area (Å²) in [4.78, 5) is 26.3. The van der Waals surface area contributed by atoms with Gasteiger partial charge in [0.05, 0.1) is 11.4 Å². The van der Waals surface area contributed by atoms with Gasteiger partial charge in [-0.3, -0.25) is 9.59 Å². The quantitative estimate of drug-likeness (QED) is 0.850. The molecule has 20 heavy (non-hydrogen) atoms. The summed E-state index contributed by atoms with van der Waals surface area (Å²) in [6, 6.07) is 3.58. The Morgan fingerprint density at radius 2 is 2.15 bits per heavy atom. The van der Waals surface area contributed by atoms with Crippen LogP contribution in [-0.2, 0) is 4.79 Å². The lowest BCUT2D eigenvalue weighted by Crippen LogP contribution is -2.45. The maximum atomic E-state index is 12.0. The topological polar surface area (TPSA) is 61.4 Å². The van der Waals surface area contributed by atoms with Crippen LogP contribution in [0.4, 0.5) is 0 Å². The van der Waals surface area contributed by atoms with Crippen LogP contribution in [0.3, 0.4) is 0 Å². The van der Waals surface area contributed by atoms with E-state index in [0.29, 0.717) is 10.8 Å². The smallest absolute Gasteiger partial charge is 0.261 e. The molecule has 0 aromatic carbocycles. The van der Waals surface area contributed by atoms with E-state index in [-0.39, 0.29) is 18.4 Å². The molecule has 1 aromatic heterocycles. The molecule has 0 spiro atoms. The first-order valence-electron chi connectivity index (χ1n) is 6.94. The number of thiophene rings is 1. The van der Waals surface area contributed by atoms with Gasteiger partial charge in [0.25, 0.3) is 5.91 Å². The molecule has 6 heteroatoms. The van der Waals surface area contributed by atoms with Crippen LogP contribution < -0.4 is 10.6 Å². The summed E-state index contributed by atoms with van der Waals surface area (Å²) >= 11 is 1.38. The number of carbonyl (C=O) groups excluding carboxylic acids is 2. The van der Waals surface area contributed by atoms with E-state index in [1.807, 2.05) is 23.4 Å². The van der Waals surface area contributed by atoms with Gasteiger partial charge in [0.15, 0.2) is 0 Å². The van der Waals surface area contributed by atoms with Gasteiger partial charge >= 0.3 is 0 Å². The maximum Gasteiger partial charge on any atom is 0.261 e. The highest BCUT2D eigenvalue weighted by Gasteiger charge is 2.22. The van der Waals surface area contributed by atoms with Gasteiger partial charge in [0.2, 0.25) is 5.91 Å². The lowest BCUT2D eigenvalue weighted by Gasteiger charge is -2.32. The minimum absolute atomic E-state index is 0.0119. The first kappa shape index (κ1) is 15.0. The average molecular weight is 295 g/mol. The van der Waals surface area contributed by atoms with Crippen molar-refractivity contribution < 1.29 is 9.59 Å². The van der Waals surface area contributed by atoms with Crippen LogP contribution in [0.5, 0.6) is 0 Å². The Morgan fingerprint density at radius 3 is 2.75 bits per heavy atom. The Bertz CT molecular complexity index is 439. The van der Waals surface area contributed by atoms with Gasteiger partial charge in [-0.25, -0.2) is 0 Å². The fourth-order valence-corrected chi connectivity index (χ4v) is 3.08. The van der Waals surface area contributed by atoms with Crippen molar-refractivity contribution in [3.63, 3.8) is 0 Å². The molecule has 5 nitrogen and oxygen atoms in total. The van der Waals surface area contributed by atoms with Crippen molar-refractivity contribution >= 4 is 23.2 Å². The van der Waals surface area contributed by atoms with E-state index >= 15 is 0 Å². The molecule has 1 fully saturated rings. The van der Waals surface area contributed by atoms with Gasteiger partial charge in [0, 0.05) is 13.1 Å². The molecule has 0 bridgehead atoms. The van der Waals surface area contributed by atoms with E-state index in [2.05, 4.69) is 10.6 Å². The van der Waals surface area contributed by atoms with E-state index in [9.17, 15) is 9.59 Å². The number of likely N-dealkylation sites (tertiary alicyclic amines) is 1. The fraction of sp³-hybridized carbons (Fsp3) is 0.571. The zero-order valence-corrected chi connectivity index (χ0v) is 12.5. The van der Waals surface area contributed by atoms with Crippen molar-refractivity contribution in [1.82, 2.24) is 15.5 Å². The van der Waals surface area contributed by atoms with Crippen LogP contribution in [0.25, 0.3) is 0 Å². The highest BCUT2D eigenvalue weighted by atomic mass is 32.1. The monoisotopic (exact) mass is 295 g/mol. The van der Waals surface area contributed by atoms with Gasteiger partial charge < -0.3 is 15.5 Å². The van der Waals surface area contributed by atoms with E-state index < -0.39 is 0 Å². The highest BCUT2D eigenvalue weighted by Crippen LogP contribution is 2.16. The van der Waals surface area contributed by atoms with Crippen LogP contribution in [0.2, 0.25) is 0 Å². The third-order valence-corrected chi connectivity index (χ3v) is 4.47. The molecule has 2 amide bonds. The van der Waals surface area contributed by atoms with E-state index in [1.165, 1.54) is 11.3 Å². The van der Waals surface area contributed by atoms with Gasteiger partial charge in [-0.1, -0.05) is 6.07 Å². The van der Waals surface area contributed by atoms with Gasteiger partial charge in [-0.05, 0) is 43.8 Å². The SMILES string of the molecule is CNCC1CCN(C(=O)CNC(=O)c2cccs2)CC1. The Balaban J connectivity index is 1.72. The second kappa shape index (κ2) is 7.40. The number of rotatable bonds is 5. The number of hydrogen-bond acceptors (Lipinski definition) is 4. The molecular formula is C14H21N3O2S. The molecule has 2 rings (SSSR count). The summed E-state index contributed by atoms with van der Waals surface area (Å²) in [5, 5.41) is 7.71. The first-order chi connectivity index (χ1) is 9.70. The molecule has 0 unspecified atom stereocenters. The summed E-state index contributed by atoms with van der Waals surface area (Å²) in [5.41, 5.74) is 0. The van der Waals surface area contributed by atoms with Crippen molar-refractivity contribution in [2.45, 2.75) is 12.8 Å². The molecule has 0 atom stereocenters. The second-order valence-corrected chi connectivity index (χ2v) is 5.99. The summed E-state index contributed by atoms with van der Waals surface area (Å²) in [7, 11) is 1.96. The largest absolute Gasteiger partial charge is 0.342 e. The lowest BCUT2D eigenvalue weighted by atomic mass is 9.97. The highest BCUT2D eigenvalue weighted by molar-refractivity contribution is 7.12. The van der Waals surface area contributed by atoms with E-state index in [4.69, 9.17) is 0 Å². The molecule has 1 saturated heterocycles. The Morgan fingerprint density at radius 1 is 1.40 bits per heavy atom. The average Bonchev–Trinajstić information content (AvgIpc) is 3.00. The van der Waals surface area contributed by atoms with Gasteiger partial charge in [0.1, 0.15) is 0 Å². The van der Waals surface area contributed by atoms with Crippen LogP contribution in [0, 0.1) is 5.92 Å². The lowest BCUT2D eigenvalue weighted by molar-refractivity contribution is -0.131. The molecule has 0 saturated carbocycles. The molecule has 2 heterocycles. The predicted octanol–water partition coefficient (Wildman–Crippen LogP) is 0.936. The van der Waals surface area contributed by atoms with Crippen LogP contribution in [-0.4, -0.2) is 49.9 Å². The maximum absolute atomic E-state index is 12.0. The number of nitrogens with zero attached hydrogens (tertiary/aromatic N) is 1. The van der Waals surface area contributed by atoms with E-state index in [1.54, 1.807) is 6.07 Å². The Labute approximate surface area is 123 Å². The predicted molar refractivity (Wildman–Crippen MR) is 79.9 cm³/mol. The normalized spacial score (nSPS) is 16.1. The number of hydrogen-bond donors (Lipinski definition) is 2. The number of carbonyl (C=O) groups is 2. The van der Waals surface area contributed by atoms with Gasteiger partial charge in [-0.15, -0.1) is 11.3 Å². The molecule has 2 N–H and O–H groups in total. The van der Waals surface area contributed by atoms with Crippen molar-refractivity contribution in [1.29, 1.82) is 0 Å². The Kier molecular flexibility index (Phi) is 5.55. The van der Waals surface area contributed by atoms with Gasteiger partial charge in [-0.2, -0.15) is 0 Å². The third kappa shape index (κ3) is 4.05. The minimum atomic E-state index is -0.168. The van der Waals surface area contributed by atoms with E-state index in [0.717, 1.165) is 32.5 Å². The minimum Gasteiger partial charge on any atom is -0.342 e. The van der Waals surface area contributed by atoms with Crippen molar-refractivity contribution in [3.8, 4) is 0 Å². The molecule has 110 valence electrons. The summed E-state index contributed by atoms with van der Waals surface area (Å²) in [6.07, 6.45) is 2.07. The standard InChI is InChI=1S/C14H21N3O2S/c1-15-9-11-4-6-17(7-5-11)13(18)10-16-14(19)12-3-2-8-20-12/h2-3,8,11,15H,4-7,9-10H2,1H3,(H,16,19). The van der Waals surface area contributed by atoms with Crippen molar-refractivity contribution in [3.05, 3.63) is 22.4 Å². The number of piperidine rings is 1. The van der Waals surface area contributed by atoms with Crippen molar-refractivity contribution in [2.24, 2.45) is 5.92 Å². The fourth-order valence-electron chi connectivity index (χ4n) is 2.44. The first-order valence-corrected chi connectivity index (χ1v) is 7.82. The zero-order chi connectivity index (χ0) is 14.4. The summed E-state index contributed by atoms with van der Waals surface area (Å²) in [6.45, 7) is 2.69. The molecular weight excluding hydrogens is 274 g/mol. The van der Waals surface area contributed by atoms with Crippen LogP contribution in [0.15, 0.2) is 17.5 Å². The van der Waals surface area contributed by atoms with Crippen LogP contribution in [0.1, 0.15) is 22.5 Å².